The Morgan fingerprint density at radius 3 is 2.42 bits per heavy atom. The number of methoxy groups -OCH3 is 1. The molecular weight excluding hydrogens is 402 g/mol. The first-order valence-electron chi connectivity index (χ1n) is 10.8. The highest BCUT2D eigenvalue weighted by molar-refractivity contribution is 7.99. The van der Waals surface area contributed by atoms with Crippen molar-refractivity contribution < 1.29 is 4.74 Å². The van der Waals surface area contributed by atoms with Crippen molar-refractivity contribution in [1.29, 1.82) is 5.26 Å². The molecule has 0 unspecified atom stereocenters. The van der Waals surface area contributed by atoms with E-state index in [-0.39, 0.29) is 0 Å². The van der Waals surface area contributed by atoms with E-state index < -0.39 is 0 Å². The summed E-state index contributed by atoms with van der Waals surface area (Å²) in [6, 6.07) is 15.9. The van der Waals surface area contributed by atoms with Crippen LogP contribution in [0.5, 0.6) is 5.75 Å². The van der Waals surface area contributed by atoms with Gasteiger partial charge in [0.25, 0.3) is 0 Å². The van der Waals surface area contributed by atoms with E-state index >= 15 is 0 Å². The molecule has 2 aromatic carbocycles. The Hall–Kier alpha value is -2.84. The van der Waals surface area contributed by atoms with Gasteiger partial charge in [-0.05, 0) is 45.9 Å². The van der Waals surface area contributed by atoms with Crippen molar-refractivity contribution >= 4 is 33.6 Å². The molecule has 0 fully saturated rings. The summed E-state index contributed by atoms with van der Waals surface area (Å²) < 4.78 is 10.3. The van der Waals surface area contributed by atoms with Crippen LogP contribution in [0.25, 0.3) is 32.9 Å². The summed E-state index contributed by atoms with van der Waals surface area (Å²) in [4.78, 5) is 1.24. The standard InChI is InChI=1S/C26H29N3OS/c1-17(2)28-15-23(22-14-19(30-5)10-11-24(22)28)20-8-6-9-21-25(31-13-7-12-27)16-29(18(3)4)26(20)21/h6,8-11,14-18H,7,13H2,1-5H3. The van der Waals surface area contributed by atoms with Crippen LogP contribution >= 0.6 is 11.8 Å². The highest BCUT2D eigenvalue weighted by Crippen LogP contribution is 2.41. The van der Waals surface area contributed by atoms with Crippen LogP contribution in [0.2, 0.25) is 0 Å². The highest BCUT2D eigenvalue weighted by atomic mass is 32.2. The molecule has 5 heteroatoms. The molecule has 4 aromatic rings. The average molecular weight is 432 g/mol. The number of nitrogens with zero attached hydrogens (tertiary/aromatic N) is 3. The van der Waals surface area contributed by atoms with Crippen molar-refractivity contribution in [3.63, 3.8) is 0 Å². The van der Waals surface area contributed by atoms with E-state index in [1.54, 1.807) is 18.9 Å². The number of fused-ring (bicyclic) bond motifs is 2. The van der Waals surface area contributed by atoms with Crippen molar-refractivity contribution in [2.24, 2.45) is 0 Å². The van der Waals surface area contributed by atoms with Crippen LogP contribution in [0.1, 0.15) is 46.2 Å². The third-order valence-corrected chi connectivity index (χ3v) is 6.78. The minimum absolute atomic E-state index is 0.335. The second kappa shape index (κ2) is 8.72. The van der Waals surface area contributed by atoms with Crippen molar-refractivity contribution in [3.8, 4) is 22.9 Å². The summed E-state index contributed by atoms with van der Waals surface area (Å²) >= 11 is 1.77. The fourth-order valence-corrected chi connectivity index (χ4v) is 5.15. The number of aromatic nitrogens is 2. The molecule has 2 heterocycles. The number of hydrogen-bond acceptors (Lipinski definition) is 3. The Labute approximate surface area is 188 Å². The highest BCUT2D eigenvalue weighted by Gasteiger charge is 2.19. The Morgan fingerprint density at radius 1 is 0.968 bits per heavy atom. The van der Waals surface area contributed by atoms with Crippen LogP contribution in [0, 0.1) is 11.3 Å². The molecule has 4 nitrogen and oxygen atoms in total. The number of rotatable bonds is 7. The molecule has 0 aliphatic heterocycles. The van der Waals surface area contributed by atoms with Gasteiger partial charge in [0.1, 0.15) is 5.75 Å². The van der Waals surface area contributed by atoms with E-state index in [1.165, 1.54) is 37.8 Å². The zero-order valence-corrected chi connectivity index (χ0v) is 19.7. The molecule has 31 heavy (non-hydrogen) atoms. The average Bonchev–Trinajstić information content (AvgIpc) is 3.32. The topological polar surface area (TPSA) is 42.9 Å². The van der Waals surface area contributed by atoms with Crippen molar-refractivity contribution in [2.75, 3.05) is 12.9 Å². The monoisotopic (exact) mass is 431 g/mol. The minimum Gasteiger partial charge on any atom is -0.497 e. The normalized spacial score (nSPS) is 11.7. The summed E-state index contributed by atoms with van der Waals surface area (Å²) in [5.41, 5.74) is 4.93. The van der Waals surface area contributed by atoms with Gasteiger partial charge in [-0.2, -0.15) is 5.26 Å². The number of benzene rings is 2. The van der Waals surface area contributed by atoms with Gasteiger partial charge < -0.3 is 13.9 Å². The molecule has 160 valence electrons. The lowest BCUT2D eigenvalue weighted by molar-refractivity contribution is 0.415. The van der Waals surface area contributed by atoms with Gasteiger partial charge in [0.15, 0.2) is 0 Å². The summed E-state index contributed by atoms with van der Waals surface area (Å²) in [5.74, 6) is 1.68. The Morgan fingerprint density at radius 2 is 1.74 bits per heavy atom. The maximum absolute atomic E-state index is 8.95. The van der Waals surface area contributed by atoms with Gasteiger partial charge in [-0.25, -0.2) is 0 Å². The zero-order chi connectivity index (χ0) is 22.1. The molecule has 4 rings (SSSR count). The summed E-state index contributed by atoms with van der Waals surface area (Å²) in [6.45, 7) is 8.88. The van der Waals surface area contributed by atoms with Crippen LogP contribution in [0.15, 0.2) is 53.7 Å². The van der Waals surface area contributed by atoms with Crippen LogP contribution in [0.4, 0.5) is 0 Å². The second-order valence-electron chi connectivity index (χ2n) is 8.38. The van der Waals surface area contributed by atoms with E-state index in [0.29, 0.717) is 18.5 Å². The van der Waals surface area contributed by atoms with Gasteiger partial charge in [-0.15, -0.1) is 11.8 Å². The van der Waals surface area contributed by atoms with Crippen molar-refractivity contribution in [2.45, 2.75) is 51.1 Å². The second-order valence-corrected chi connectivity index (χ2v) is 9.52. The first kappa shape index (κ1) is 21.4. The van der Waals surface area contributed by atoms with Gasteiger partial charge in [0.05, 0.1) is 18.7 Å². The Bertz CT molecular complexity index is 1270. The molecular formula is C26H29N3OS. The Kier molecular flexibility index (Phi) is 6.02. The molecule has 0 N–H and O–H groups in total. The molecule has 0 saturated heterocycles. The van der Waals surface area contributed by atoms with Crippen LogP contribution in [-0.2, 0) is 0 Å². The van der Waals surface area contributed by atoms with Crippen LogP contribution < -0.4 is 4.74 Å². The lowest BCUT2D eigenvalue weighted by Crippen LogP contribution is -1.99. The SMILES string of the molecule is COc1ccc2c(c1)c(-c1cccc3c(SCCC#N)cn(C(C)C)c13)cn2C(C)C. The van der Waals surface area contributed by atoms with Gasteiger partial charge in [0, 0.05) is 69.0 Å². The molecule has 0 saturated carbocycles. The molecule has 0 bridgehead atoms. The van der Waals surface area contributed by atoms with Crippen molar-refractivity contribution in [3.05, 3.63) is 48.8 Å². The molecule has 0 aliphatic carbocycles. The number of ether oxygens (including phenoxy) is 1. The predicted octanol–water partition coefficient (Wildman–Crippen LogP) is 7.44. The van der Waals surface area contributed by atoms with Gasteiger partial charge in [0.2, 0.25) is 0 Å². The minimum atomic E-state index is 0.335. The first-order valence-corrected chi connectivity index (χ1v) is 11.8. The quantitative estimate of drug-likeness (QED) is 0.225. The number of hydrogen-bond donors (Lipinski definition) is 0. The largest absolute Gasteiger partial charge is 0.497 e. The summed E-state index contributed by atoms with van der Waals surface area (Å²) in [7, 11) is 1.72. The van der Waals surface area contributed by atoms with E-state index in [2.05, 4.69) is 85.6 Å². The third kappa shape index (κ3) is 3.81. The number of nitriles is 1. The molecule has 0 amide bonds. The summed E-state index contributed by atoms with van der Waals surface area (Å²) in [6.07, 6.45) is 5.09. The van der Waals surface area contributed by atoms with Crippen LogP contribution in [-0.4, -0.2) is 22.0 Å². The number of para-hydroxylation sites is 1. The molecule has 0 aliphatic rings. The lowest BCUT2D eigenvalue weighted by atomic mass is 10.0. The van der Waals surface area contributed by atoms with Gasteiger partial charge >= 0.3 is 0 Å². The maximum Gasteiger partial charge on any atom is 0.119 e. The molecule has 0 spiro atoms. The maximum atomic E-state index is 8.95. The van der Waals surface area contributed by atoms with E-state index in [0.717, 1.165) is 11.5 Å². The smallest absolute Gasteiger partial charge is 0.119 e. The third-order valence-electron chi connectivity index (χ3n) is 5.73. The molecule has 0 atom stereocenters. The summed E-state index contributed by atoms with van der Waals surface area (Å²) in [5, 5.41) is 11.4. The number of thioether (sulfide) groups is 1. The van der Waals surface area contributed by atoms with E-state index in [4.69, 9.17) is 10.00 Å². The lowest BCUT2D eigenvalue weighted by Gasteiger charge is -2.13. The predicted molar refractivity (Wildman–Crippen MR) is 131 cm³/mol. The fourth-order valence-electron chi connectivity index (χ4n) is 4.23. The first-order chi connectivity index (χ1) is 15.0. The van der Waals surface area contributed by atoms with Gasteiger partial charge in [-0.3, -0.25) is 0 Å². The van der Waals surface area contributed by atoms with E-state index in [1.807, 2.05) is 6.07 Å². The van der Waals surface area contributed by atoms with Crippen LogP contribution in [0.3, 0.4) is 0 Å². The van der Waals surface area contributed by atoms with Gasteiger partial charge in [-0.1, -0.05) is 18.2 Å². The zero-order valence-electron chi connectivity index (χ0n) is 18.8. The van der Waals surface area contributed by atoms with E-state index in [9.17, 15) is 0 Å². The Balaban J connectivity index is 2.00. The molecule has 0 radical (unpaired) electrons. The van der Waals surface area contributed by atoms with Crippen molar-refractivity contribution in [1.82, 2.24) is 9.13 Å². The molecule has 2 aromatic heterocycles. The fraction of sp³-hybridized carbons (Fsp3) is 0.346.